The lowest BCUT2D eigenvalue weighted by atomic mass is 10.1. The predicted octanol–water partition coefficient (Wildman–Crippen LogP) is 3.85. The minimum Gasteiger partial charge on any atom is -0.493 e. The fraction of sp³-hybridized carbons (Fsp3) is 0.227. The third kappa shape index (κ3) is 5.49. The molecule has 0 aliphatic heterocycles. The van der Waals surface area contributed by atoms with Gasteiger partial charge in [0.25, 0.3) is 0 Å². The highest BCUT2D eigenvalue weighted by Crippen LogP contribution is 2.29. The van der Waals surface area contributed by atoms with Crippen LogP contribution in [0.5, 0.6) is 11.5 Å². The van der Waals surface area contributed by atoms with Crippen molar-refractivity contribution in [2.75, 3.05) is 14.2 Å². The molecule has 0 unspecified atom stereocenters. The van der Waals surface area contributed by atoms with Gasteiger partial charge in [0.15, 0.2) is 11.5 Å². The molecule has 0 spiro atoms. The van der Waals surface area contributed by atoms with Crippen LogP contribution in [0.1, 0.15) is 27.0 Å². The average Bonchev–Trinajstić information content (AvgIpc) is 3.25. The molecule has 2 aromatic carbocycles. The molecule has 1 heterocycles. The number of urea groups is 1. The summed E-state index contributed by atoms with van der Waals surface area (Å²) in [6, 6.07) is 18.6. The highest BCUT2D eigenvalue weighted by Gasteiger charge is 2.13. The van der Waals surface area contributed by atoms with Crippen LogP contribution in [0.2, 0.25) is 0 Å². The molecule has 29 heavy (non-hydrogen) atoms. The van der Waals surface area contributed by atoms with Gasteiger partial charge < -0.3 is 25.2 Å². The number of aliphatic hydroxyl groups is 1. The molecule has 2 amide bonds. The van der Waals surface area contributed by atoms with Crippen molar-refractivity contribution in [1.82, 2.24) is 10.6 Å². The van der Waals surface area contributed by atoms with Crippen LogP contribution in [0, 0.1) is 0 Å². The number of carbonyl (C=O) groups is 1. The molecule has 3 aromatic rings. The number of nitrogens with one attached hydrogen (secondary N) is 2. The van der Waals surface area contributed by atoms with Crippen LogP contribution >= 0.6 is 11.3 Å². The molecule has 1 aromatic heterocycles. The van der Waals surface area contributed by atoms with Gasteiger partial charge in [-0.3, -0.25) is 0 Å². The summed E-state index contributed by atoms with van der Waals surface area (Å²) in [5.41, 5.74) is 1.75. The first-order chi connectivity index (χ1) is 14.1. The first-order valence-electron chi connectivity index (χ1n) is 9.15. The Morgan fingerprint density at radius 3 is 2.41 bits per heavy atom. The van der Waals surface area contributed by atoms with Crippen LogP contribution in [0.4, 0.5) is 4.79 Å². The number of rotatable bonds is 8. The molecule has 7 heteroatoms. The van der Waals surface area contributed by atoms with E-state index in [1.165, 1.54) is 11.3 Å². The quantitative estimate of drug-likeness (QED) is 0.525. The predicted molar refractivity (Wildman–Crippen MR) is 113 cm³/mol. The van der Waals surface area contributed by atoms with Gasteiger partial charge in [0.1, 0.15) is 6.10 Å². The minimum atomic E-state index is -0.658. The Labute approximate surface area is 174 Å². The summed E-state index contributed by atoms with van der Waals surface area (Å²) in [6.07, 6.45) is -0.658. The molecule has 3 rings (SSSR count). The fourth-order valence-corrected chi connectivity index (χ4v) is 3.81. The summed E-state index contributed by atoms with van der Waals surface area (Å²) in [4.78, 5) is 13.9. The van der Waals surface area contributed by atoms with E-state index in [-0.39, 0.29) is 6.03 Å². The number of hydrogen-bond donors (Lipinski definition) is 3. The number of aliphatic hydroxyl groups excluding tert-OH is 1. The molecule has 0 radical (unpaired) electrons. The molecule has 3 N–H and O–H groups in total. The Kier molecular flexibility index (Phi) is 7.10. The number of hydrogen-bond acceptors (Lipinski definition) is 5. The third-order valence-corrected chi connectivity index (χ3v) is 5.53. The van der Waals surface area contributed by atoms with E-state index in [0.29, 0.717) is 24.6 Å². The van der Waals surface area contributed by atoms with Crippen molar-refractivity contribution in [2.24, 2.45) is 0 Å². The highest BCUT2D eigenvalue weighted by atomic mass is 32.1. The van der Waals surface area contributed by atoms with Gasteiger partial charge in [-0.1, -0.05) is 36.4 Å². The van der Waals surface area contributed by atoms with E-state index in [2.05, 4.69) is 10.6 Å². The van der Waals surface area contributed by atoms with E-state index in [0.717, 1.165) is 20.9 Å². The van der Waals surface area contributed by atoms with Crippen LogP contribution in [0.15, 0.2) is 60.7 Å². The van der Waals surface area contributed by atoms with Crippen molar-refractivity contribution in [2.45, 2.75) is 19.2 Å². The number of carbonyl (C=O) groups excluding carboxylic acids is 1. The smallest absolute Gasteiger partial charge is 0.315 e. The molecule has 152 valence electrons. The van der Waals surface area contributed by atoms with Gasteiger partial charge >= 0.3 is 6.03 Å². The Hall–Kier alpha value is -3.03. The number of thiophene rings is 1. The Morgan fingerprint density at radius 1 is 0.966 bits per heavy atom. The maximum Gasteiger partial charge on any atom is 0.315 e. The van der Waals surface area contributed by atoms with Crippen LogP contribution in [-0.4, -0.2) is 25.4 Å². The summed E-state index contributed by atoms with van der Waals surface area (Å²) >= 11 is 1.48. The lowest BCUT2D eigenvalue weighted by Gasteiger charge is -2.11. The molecule has 1 atom stereocenters. The topological polar surface area (TPSA) is 79.8 Å². The molecule has 0 saturated heterocycles. The zero-order valence-electron chi connectivity index (χ0n) is 16.3. The van der Waals surface area contributed by atoms with Crippen molar-refractivity contribution in [1.29, 1.82) is 0 Å². The number of methoxy groups -OCH3 is 2. The standard InChI is InChI=1S/C22H24N2O4S/c1-27-18-10-8-15(12-19(18)28-2)13-23-22(26)24-14-17-9-11-20(29-17)21(25)16-6-4-3-5-7-16/h3-12,21,25H,13-14H2,1-2H3,(H2,23,24,26)/t21-/m1/s1. The first-order valence-corrected chi connectivity index (χ1v) is 9.96. The van der Waals surface area contributed by atoms with Gasteiger partial charge in [0.05, 0.1) is 20.8 Å². The van der Waals surface area contributed by atoms with Crippen LogP contribution < -0.4 is 20.1 Å². The molecule has 0 aliphatic rings. The van der Waals surface area contributed by atoms with Crippen molar-refractivity contribution < 1.29 is 19.4 Å². The first kappa shape index (κ1) is 20.7. The van der Waals surface area contributed by atoms with Gasteiger partial charge in [-0.05, 0) is 35.4 Å². The Balaban J connectivity index is 1.49. The maximum atomic E-state index is 12.1. The van der Waals surface area contributed by atoms with Crippen LogP contribution in [0.25, 0.3) is 0 Å². The second-order valence-electron chi connectivity index (χ2n) is 6.34. The van der Waals surface area contributed by atoms with Crippen molar-refractivity contribution >= 4 is 17.4 Å². The van der Waals surface area contributed by atoms with Crippen LogP contribution in [-0.2, 0) is 13.1 Å². The number of amides is 2. The SMILES string of the molecule is COc1ccc(CNC(=O)NCc2ccc([C@H](O)c3ccccc3)s2)cc1OC. The van der Waals surface area contributed by atoms with Crippen LogP contribution in [0.3, 0.4) is 0 Å². The van der Waals surface area contributed by atoms with Gasteiger partial charge in [-0.25, -0.2) is 4.79 Å². The van der Waals surface area contributed by atoms with Gasteiger partial charge in [-0.15, -0.1) is 11.3 Å². The average molecular weight is 413 g/mol. The summed E-state index contributed by atoms with van der Waals surface area (Å²) < 4.78 is 10.5. The zero-order valence-corrected chi connectivity index (χ0v) is 17.2. The molecule has 0 fully saturated rings. The van der Waals surface area contributed by atoms with E-state index in [1.54, 1.807) is 20.3 Å². The summed E-state index contributed by atoms with van der Waals surface area (Å²) in [5.74, 6) is 1.27. The number of ether oxygens (including phenoxy) is 2. The van der Waals surface area contributed by atoms with Crippen molar-refractivity contribution in [3.63, 3.8) is 0 Å². The lowest BCUT2D eigenvalue weighted by molar-refractivity contribution is 0.224. The minimum absolute atomic E-state index is 0.265. The Bertz CT molecular complexity index is 943. The highest BCUT2D eigenvalue weighted by molar-refractivity contribution is 7.12. The maximum absolute atomic E-state index is 12.1. The second-order valence-corrected chi connectivity index (χ2v) is 7.54. The molecule has 0 aliphatic carbocycles. The van der Waals surface area contributed by atoms with E-state index in [4.69, 9.17) is 9.47 Å². The van der Waals surface area contributed by atoms with E-state index in [9.17, 15) is 9.90 Å². The van der Waals surface area contributed by atoms with E-state index < -0.39 is 6.10 Å². The molecular weight excluding hydrogens is 388 g/mol. The summed E-state index contributed by atoms with van der Waals surface area (Å²) in [7, 11) is 3.16. The van der Waals surface area contributed by atoms with E-state index >= 15 is 0 Å². The molecule has 6 nitrogen and oxygen atoms in total. The fourth-order valence-electron chi connectivity index (χ4n) is 2.84. The summed E-state index contributed by atoms with van der Waals surface area (Å²) in [6.45, 7) is 0.762. The molecule has 0 saturated carbocycles. The van der Waals surface area contributed by atoms with Gasteiger partial charge in [-0.2, -0.15) is 0 Å². The van der Waals surface area contributed by atoms with Crippen molar-refractivity contribution in [3.05, 3.63) is 81.5 Å². The van der Waals surface area contributed by atoms with E-state index in [1.807, 2.05) is 54.6 Å². The van der Waals surface area contributed by atoms with Gasteiger partial charge in [0.2, 0.25) is 0 Å². The molecular formula is C22H24N2O4S. The molecule has 0 bridgehead atoms. The zero-order chi connectivity index (χ0) is 20.6. The second kappa shape index (κ2) is 9.95. The Morgan fingerprint density at radius 2 is 1.69 bits per heavy atom. The normalized spacial score (nSPS) is 11.6. The number of benzene rings is 2. The monoisotopic (exact) mass is 412 g/mol. The summed E-state index contributed by atoms with van der Waals surface area (Å²) in [5, 5.41) is 16.1. The lowest BCUT2D eigenvalue weighted by Crippen LogP contribution is -2.34. The largest absolute Gasteiger partial charge is 0.493 e. The van der Waals surface area contributed by atoms with Crippen molar-refractivity contribution in [3.8, 4) is 11.5 Å². The third-order valence-electron chi connectivity index (χ3n) is 4.39. The van der Waals surface area contributed by atoms with Gasteiger partial charge in [0, 0.05) is 16.3 Å².